The molecule has 0 unspecified atom stereocenters. The van der Waals surface area contributed by atoms with Crippen molar-refractivity contribution in [3.05, 3.63) is 41.6 Å². The summed E-state index contributed by atoms with van der Waals surface area (Å²) in [5.41, 5.74) is -2.20. The summed E-state index contributed by atoms with van der Waals surface area (Å²) in [5.74, 6) is -1.50. The Morgan fingerprint density at radius 2 is 1.54 bits per heavy atom. The van der Waals surface area contributed by atoms with E-state index in [2.05, 4.69) is 0 Å². The third kappa shape index (κ3) is 2.34. The van der Waals surface area contributed by atoms with Gasteiger partial charge < -0.3 is 0 Å². The smallest absolute Gasteiger partial charge is 0.279 e. The Morgan fingerprint density at radius 3 is 2.00 bits per heavy atom. The molecule has 0 atom stereocenters. The van der Waals surface area contributed by atoms with E-state index in [1.54, 1.807) is 6.07 Å². The number of benzene rings is 1. The number of hydrogen-bond acceptors (Lipinski definition) is 0. The second-order valence-electron chi connectivity index (χ2n) is 2.33. The zero-order chi connectivity index (χ0) is 9.84. The van der Waals surface area contributed by atoms with Crippen molar-refractivity contribution in [2.75, 3.05) is 0 Å². The fraction of sp³-hybridized carbons (Fsp3) is 0. The Kier molecular flexibility index (Phi) is 3.11. The standard InChI is InChI=1S/C8H5BF4/c10-7(8(11)9(12)13)6-4-2-1-3-5-6/h1-5H/b8-7+. The molecule has 0 aromatic heterocycles. The minimum absolute atomic E-state index is 0.180. The van der Waals surface area contributed by atoms with Crippen molar-refractivity contribution >= 4 is 13.1 Å². The first-order chi connectivity index (χ1) is 6.13. The molecule has 5 heteroatoms. The predicted octanol–water partition coefficient (Wildman–Crippen LogP) is 3.26. The van der Waals surface area contributed by atoms with Crippen LogP contribution < -0.4 is 0 Å². The molecule has 1 aromatic carbocycles. The van der Waals surface area contributed by atoms with Crippen LogP contribution in [0, 0.1) is 0 Å². The molecule has 0 saturated heterocycles. The van der Waals surface area contributed by atoms with E-state index in [1.807, 2.05) is 0 Å². The van der Waals surface area contributed by atoms with Crippen molar-refractivity contribution in [2.45, 2.75) is 0 Å². The highest BCUT2D eigenvalue weighted by atomic mass is 19.2. The minimum Gasteiger partial charge on any atom is -0.279 e. The number of rotatable bonds is 2. The van der Waals surface area contributed by atoms with Crippen LogP contribution in [-0.4, -0.2) is 7.27 Å². The molecule has 0 nitrogen and oxygen atoms in total. The van der Waals surface area contributed by atoms with Gasteiger partial charge in [-0.3, -0.25) is 8.63 Å². The molecule has 1 aromatic rings. The van der Waals surface area contributed by atoms with Gasteiger partial charge in [0, 0.05) is 5.56 Å². The van der Waals surface area contributed by atoms with Gasteiger partial charge in [0.15, 0.2) is 11.6 Å². The summed E-state index contributed by atoms with van der Waals surface area (Å²) in [4.78, 5) is 0. The zero-order valence-electron chi connectivity index (χ0n) is 6.48. The van der Waals surface area contributed by atoms with E-state index in [-0.39, 0.29) is 5.56 Å². The van der Waals surface area contributed by atoms with Gasteiger partial charge >= 0.3 is 7.27 Å². The van der Waals surface area contributed by atoms with Gasteiger partial charge in [-0.1, -0.05) is 30.3 Å². The van der Waals surface area contributed by atoms with E-state index in [4.69, 9.17) is 0 Å². The summed E-state index contributed by atoms with van der Waals surface area (Å²) >= 11 is 0. The molecule has 0 bridgehead atoms. The van der Waals surface area contributed by atoms with Crippen LogP contribution in [0.5, 0.6) is 0 Å². The summed E-state index contributed by atoms with van der Waals surface area (Å²) in [6.07, 6.45) is 0. The molecule has 0 aliphatic carbocycles. The lowest BCUT2D eigenvalue weighted by Gasteiger charge is -1.97. The minimum atomic E-state index is -3.40. The maximum atomic E-state index is 12.8. The molecule has 1 rings (SSSR count). The summed E-state index contributed by atoms with van der Waals surface area (Å²) in [6, 6.07) is 6.90. The quantitative estimate of drug-likeness (QED) is 0.493. The summed E-state index contributed by atoms with van der Waals surface area (Å²) in [5, 5.41) is 0. The van der Waals surface area contributed by atoms with Crippen molar-refractivity contribution in [2.24, 2.45) is 0 Å². The Hall–Kier alpha value is -1.26. The average Bonchev–Trinajstić information content (AvgIpc) is 2.17. The van der Waals surface area contributed by atoms with Gasteiger partial charge in [0.05, 0.1) is 0 Å². The average molecular weight is 188 g/mol. The van der Waals surface area contributed by atoms with Gasteiger partial charge in [-0.25, -0.2) is 8.78 Å². The van der Waals surface area contributed by atoms with Crippen molar-refractivity contribution < 1.29 is 17.4 Å². The molecule has 0 aliphatic heterocycles. The van der Waals surface area contributed by atoms with Crippen LogP contribution in [-0.2, 0) is 0 Å². The molecular weight excluding hydrogens is 183 g/mol. The van der Waals surface area contributed by atoms with Crippen molar-refractivity contribution in [1.29, 1.82) is 0 Å². The van der Waals surface area contributed by atoms with Crippen LogP contribution in [0.3, 0.4) is 0 Å². The van der Waals surface area contributed by atoms with Crippen molar-refractivity contribution in [1.82, 2.24) is 0 Å². The van der Waals surface area contributed by atoms with Crippen LogP contribution >= 0.6 is 0 Å². The molecule has 68 valence electrons. The molecule has 0 saturated carbocycles. The van der Waals surface area contributed by atoms with E-state index in [1.165, 1.54) is 24.3 Å². The topological polar surface area (TPSA) is 0 Å². The summed E-state index contributed by atoms with van der Waals surface area (Å²) in [7, 11) is -3.40. The predicted molar refractivity (Wildman–Crippen MR) is 43.5 cm³/mol. The van der Waals surface area contributed by atoms with E-state index in [0.29, 0.717) is 0 Å². The number of hydrogen-bond donors (Lipinski definition) is 0. The van der Waals surface area contributed by atoms with Crippen LogP contribution in [0.25, 0.3) is 5.83 Å². The van der Waals surface area contributed by atoms with Gasteiger partial charge in [-0.2, -0.15) is 0 Å². The van der Waals surface area contributed by atoms with E-state index >= 15 is 0 Å². The summed E-state index contributed by atoms with van der Waals surface area (Å²) < 4.78 is 48.5. The lowest BCUT2D eigenvalue weighted by molar-refractivity contribution is 0.577. The highest BCUT2D eigenvalue weighted by molar-refractivity contribution is 6.52. The molecule has 13 heavy (non-hydrogen) atoms. The SMILES string of the molecule is FB(F)/C(F)=C(\F)c1ccccc1. The normalized spacial score (nSPS) is 12.3. The fourth-order valence-corrected chi connectivity index (χ4v) is 0.818. The molecular formula is C8H5BF4. The van der Waals surface area contributed by atoms with Gasteiger partial charge in [0.25, 0.3) is 0 Å². The molecule has 0 aliphatic rings. The van der Waals surface area contributed by atoms with E-state index in [0.717, 1.165) is 0 Å². The summed E-state index contributed by atoms with van der Waals surface area (Å²) in [6.45, 7) is 0. The second kappa shape index (κ2) is 4.12. The third-order valence-corrected chi connectivity index (χ3v) is 1.43. The Bertz CT molecular complexity index is 307. The first-order valence-electron chi connectivity index (χ1n) is 3.51. The van der Waals surface area contributed by atoms with Crippen LogP contribution in [0.2, 0.25) is 0 Å². The maximum Gasteiger partial charge on any atom is 0.604 e. The van der Waals surface area contributed by atoms with Gasteiger partial charge in [0.2, 0.25) is 0 Å². The van der Waals surface area contributed by atoms with Crippen LogP contribution in [0.4, 0.5) is 17.4 Å². The third-order valence-electron chi connectivity index (χ3n) is 1.43. The van der Waals surface area contributed by atoms with Crippen molar-refractivity contribution in [3.63, 3.8) is 0 Å². The molecule has 0 heterocycles. The fourth-order valence-electron chi connectivity index (χ4n) is 0.818. The van der Waals surface area contributed by atoms with E-state index in [9.17, 15) is 17.4 Å². The monoisotopic (exact) mass is 188 g/mol. The Labute approximate surface area is 73.1 Å². The highest BCUT2D eigenvalue weighted by Crippen LogP contribution is 2.23. The van der Waals surface area contributed by atoms with Crippen LogP contribution in [0.15, 0.2) is 36.1 Å². The second-order valence-corrected chi connectivity index (χ2v) is 2.33. The molecule has 0 N–H and O–H groups in total. The highest BCUT2D eigenvalue weighted by Gasteiger charge is 2.25. The first kappa shape index (κ1) is 9.83. The van der Waals surface area contributed by atoms with Gasteiger partial charge in [-0.05, 0) is 0 Å². The van der Waals surface area contributed by atoms with E-state index < -0.39 is 18.8 Å². The largest absolute Gasteiger partial charge is 0.604 e. The maximum absolute atomic E-state index is 12.8. The zero-order valence-corrected chi connectivity index (χ0v) is 6.48. The Morgan fingerprint density at radius 1 is 1.00 bits per heavy atom. The first-order valence-corrected chi connectivity index (χ1v) is 3.51. The van der Waals surface area contributed by atoms with Crippen molar-refractivity contribution in [3.8, 4) is 0 Å². The molecule has 0 amide bonds. The molecule has 0 spiro atoms. The lowest BCUT2D eigenvalue weighted by Crippen LogP contribution is -1.99. The molecule has 0 fully saturated rings. The molecule has 0 radical (unpaired) electrons. The Balaban J connectivity index is 3.03. The lowest BCUT2D eigenvalue weighted by atomic mass is 9.94. The van der Waals surface area contributed by atoms with Crippen LogP contribution in [0.1, 0.15) is 5.56 Å². The number of halogens is 4. The van der Waals surface area contributed by atoms with Gasteiger partial charge in [-0.15, -0.1) is 0 Å². The van der Waals surface area contributed by atoms with Gasteiger partial charge in [0.1, 0.15) is 0 Å².